The number of nitrogens with zero attached hydrogens (tertiary/aromatic N) is 3. The van der Waals surface area contributed by atoms with Gasteiger partial charge in [-0.1, -0.05) is 0 Å². The monoisotopic (exact) mass is 222 g/mol. The van der Waals surface area contributed by atoms with Gasteiger partial charge in [-0.3, -0.25) is 9.58 Å². The van der Waals surface area contributed by atoms with E-state index in [-0.39, 0.29) is 0 Å². The van der Waals surface area contributed by atoms with E-state index in [2.05, 4.69) is 35.2 Å². The van der Waals surface area contributed by atoms with E-state index in [0.717, 1.165) is 31.9 Å². The van der Waals surface area contributed by atoms with Gasteiger partial charge < -0.3 is 5.32 Å². The van der Waals surface area contributed by atoms with E-state index >= 15 is 0 Å². The minimum absolute atomic E-state index is 0.658. The van der Waals surface area contributed by atoms with Crippen molar-refractivity contribution in [3.8, 4) is 0 Å². The summed E-state index contributed by atoms with van der Waals surface area (Å²) in [7, 11) is 2.03. The third-order valence-corrected chi connectivity index (χ3v) is 3.40. The van der Waals surface area contributed by atoms with Crippen LogP contribution >= 0.6 is 0 Å². The first-order chi connectivity index (χ1) is 7.66. The number of hydrogen-bond donors (Lipinski definition) is 1. The number of aryl methyl sites for hydroxylation is 2. The third kappa shape index (κ3) is 2.62. The fraction of sp³-hybridized carbons (Fsp3) is 0.750. The van der Waals surface area contributed by atoms with Crippen molar-refractivity contribution in [2.24, 2.45) is 7.05 Å². The first-order valence-corrected chi connectivity index (χ1v) is 6.11. The molecule has 1 aromatic heterocycles. The van der Waals surface area contributed by atoms with Crippen LogP contribution in [-0.2, 0) is 13.6 Å². The van der Waals surface area contributed by atoms with Crippen LogP contribution in [0.25, 0.3) is 0 Å². The van der Waals surface area contributed by atoms with Gasteiger partial charge in [0.1, 0.15) is 0 Å². The molecule has 0 spiro atoms. The number of nitrogens with one attached hydrogen (secondary N) is 1. The van der Waals surface area contributed by atoms with Gasteiger partial charge in [-0.15, -0.1) is 0 Å². The largest absolute Gasteiger partial charge is 0.315 e. The lowest BCUT2D eigenvalue weighted by Gasteiger charge is -2.26. The zero-order valence-electron chi connectivity index (χ0n) is 10.5. The Morgan fingerprint density at radius 1 is 1.50 bits per heavy atom. The smallest absolute Gasteiger partial charge is 0.0597 e. The first-order valence-electron chi connectivity index (χ1n) is 6.11. The molecule has 1 aromatic rings. The summed E-state index contributed by atoms with van der Waals surface area (Å²) in [5.41, 5.74) is 2.42. The molecular formula is C12H22N4. The zero-order chi connectivity index (χ0) is 11.5. The van der Waals surface area contributed by atoms with Crippen LogP contribution in [0.4, 0.5) is 0 Å². The third-order valence-electron chi connectivity index (χ3n) is 3.40. The topological polar surface area (TPSA) is 33.1 Å². The van der Waals surface area contributed by atoms with Gasteiger partial charge in [0.05, 0.1) is 11.4 Å². The molecule has 16 heavy (non-hydrogen) atoms. The fourth-order valence-corrected chi connectivity index (χ4v) is 2.32. The summed E-state index contributed by atoms with van der Waals surface area (Å²) in [5, 5.41) is 7.85. The van der Waals surface area contributed by atoms with Crippen molar-refractivity contribution in [1.82, 2.24) is 20.0 Å². The molecule has 1 unspecified atom stereocenters. The molecule has 1 atom stereocenters. The Morgan fingerprint density at radius 3 is 3.00 bits per heavy atom. The zero-order valence-corrected chi connectivity index (χ0v) is 10.5. The van der Waals surface area contributed by atoms with Crippen LogP contribution in [-0.4, -0.2) is 40.4 Å². The summed E-state index contributed by atoms with van der Waals surface area (Å²) in [6, 6.07) is 2.84. The second-order valence-electron chi connectivity index (χ2n) is 4.76. The molecule has 0 amide bonds. The Labute approximate surface area is 97.6 Å². The molecule has 0 aliphatic carbocycles. The number of rotatable bonds is 2. The average Bonchev–Trinajstić information content (AvgIpc) is 2.43. The molecule has 1 aliphatic rings. The van der Waals surface area contributed by atoms with E-state index in [0.29, 0.717) is 6.04 Å². The summed E-state index contributed by atoms with van der Waals surface area (Å²) in [5.74, 6) is 0. The van der Waals surface area contributed by atoms with Crippen LogP contribution in [0.15, 0.2) is 6.07 Å². The van der Waals surface area contributed by atoms with Crippen LogP contribution in [0.5, 0.6) is 0 Å². The molecule has 0 saturated carbocycles. The van der Waals surface area contributed by atoms with Gasteiger partial charge in [0.15, 0.2) is 0 Å². The molecule has 1 aliphatic heterocycles. The molecule has 0 bridgehead atoms. The molecule has 0 aromatic carbocycles. The van der Waals surface area contributed by atoms with Gasteiger partial charge in [-0.2, -0.15) is 5.10 Å². The standard InChI is InChI=1S/C12H22N4/c1-10-8-12(15(3)14-10)9-16-7-6-13-5-4-11(16)2/h8,11,13H,4-7,9H2,1-3H3. The van der Waals surface area contributed by atoms with Crippen molar-refractivity contribution in [1.29, 1.82) is 0 Å². The van der Waals surface area contributed by atoms with Gasteiger partial charge in [-0.25, -0.2) is 0 Å². The minimum Gasteiger partial charge on any atom is -0.315 e. The first kappa shape index (κ1) is 11.6. The van der Waals surface area contributed by atoms with Gasteiger partial charge in [0, 0.05) is 32.7 Å². The maximum atomic E-state index is 4.40. The maximum absolute atomic E-state index is 4.40. The SMILES string of the molecule is Cc1cc(CN2CCNCCC2C)n(C)n1. The second-order valence-corrected chi connectivity index (χ2v) is 4.76. The van der Waals surface area contributed by atoms with Crippen LogP contribution < -0.4 is 5.32 Å². The van der Waals surface area contributed by atoms with Crippen molar-refractivity contribution >= 4 is 0 Å². The average molecular weight is 222 g/mol. The molecule has 1 fully saturated rings. The van der Waals surface area contributed by atoms with Crippen molar-refractivity contribution < 1.29 is 0 Å². The van der Waals surface area contributed by atoms with Crippen molar-refractivity contribution in [3.63, 3.8) is 0 Å². The maximum Gasteiger partial charge on any atom is 0.0597 e. The normalized spacial score (nSPS) is 23.3. The Bertz CT molecular complexity index is 345. The summed E-state index contributed by atoms with van der Waals surface area (Å²) >= 11 is 0. The second kappa shape index (κ2) is 4.97. The molecule has 4 nitrogen and oxygen atoms in total. The molecule has 0 radical (unpaired) electrons. The lowest BCUT2D eigenvalue weighted by atomic mass is 10.2. The van der Waals surface area contributed by atoms with Gasteiger partial charge in [0.2, 0.25) is 0 Å². The van der Waals surface area contributed by atoms with Crippen LogP contribution in [0.2, 0.25) is 0 Å². The Kier molecular flexibility index (Phi) is 3.61. The molecule has 90 valence electrons. The Morgan fingerprint density at radius 2 is 2.31 bits per heavy atom. The Hall–Kier alpha value is -0.870. The van der Waals surface area contributed by atoms with Crippen LogP contribution in [0.1, 0.15) is 24.7 Å². The lowest BCUT2D eigenvalue weighted by Crippen LogP contribution is -2.34. The van der Waals surface area contributed by atoms with E-state index < -0.39 is 0 Å². The van der Waals surface area contributed by atoms with Crippen LogP contribution in [0, 0.1) is 6.92 Å². The molecule has 2 heterocycles. The van der Waals surface area contributed by atoms with Crippen LogP contribution in [0.3, 0.4) is 0 Å². The van der Waals surface area contributed by atoms with Crippen molar-refractivity contribution in [2.75, 3.05) is 19.6 Å². The van der Waals surface area contributed by atoms with Gasteiger partial charge in [-0.05, 0) is 32.9 Å². The highest BCUT2D eigenvalue weighted by Gasteiger charge is 2.17. The molecule has 1 saturated heterocycles. The number of hydrogen-bond acceptors (Lipinski definition) is 3. The molecule has 2 rings (SSSR count). The Balaban J connectivity index is 2.04. The lowest BCUT2D eigenvalue weighted by molar-refractivity contribution is 0.206. The van der Waals surface area contributed by atoms with Gasteiger partial charge in [0.25, 0.3) is 0 Å². The molecule has 1 N–H and O–H groups in total. The summed E-state index contributed by atoms with van der Waals surface area (Å²) < 4.78 is 2.00. The van der Waals surface area contributed by atoms with E-state index in [1.807, 2.05) is 11.7 Å². The molecular weight excluding hydrogens is 200 g/mol. The predicted molar refractivity (Wildman–Crippen MR) is 65.3 cm³/mol. The molecule has 4 heteroatoms. The summed E-state index contributed by atoms with van der Waals surface area (Å²) in [6.07, 6.45) is 1.23. The fourth-order valence-electron chi connectivity index (χ4n) is 2.32. The van der Waals surface area contributed by atoms with Crippen molar-refractivity contribution in [3.05, 3.63) is 17.5 Å². The summed E-state index contributed by atoms with van der Waals surface area (Å²) in [6.45, 7) is 8.75. The minimum atomic E-state index is 0.658. The van der Waals surface area contributed by atoms with E-state index in [1.54, 1.807) is 0 Å². The predicted octanol–water partition coefficient (Wildman–Crippen LogP) is 0.912. The highest BCUT2D eigenvalue weighted by molar-refractivity contribution is 5.08. The quantitative estimate of drug-likeness (QED) is 0.807. The highest BCUT2D eigenvalue weighted by Crippen LogP contribution is 2.12. The summed E-state index contributed by atoms with van der Waals surface area (Å²) in [4.78, 5) is 2.54. The van der Waals surface area contributed by atoms with E-state index in [4.69, 9.17) is 0 Å². The van der Waals surface area contributed by atoms with E-state index in [9.17, 15) is 0 Å². The van der Waals surface area contributed by atoms with E-state index in [1.165, 1.54) is 12.1 Å². The highest BCUT2D eigenvalue weighted by atomic mass is 15.3. The number of aromatic nitrogens is 2. The van der Waals surface area contributed by atoms with Gasteiger partial charge >= 0.3 is 0 Å². The van der Waals surface area contributed by atoms with Crippen molar-refractivity contribution in [2.45, 2.75) is 32.9 Å².